The predicted molar refractivity (Wildman–Crippen MR) is 107 cm³/mol. The Labute approximate surface area is 173 Å². The van der Waals surface area contributed by atoms with E-state index in [0.29, 0.717) is 13.0 Å². The first-order valence-electron chi connectivity index (χ1n) is 9.49. The van der Waals surface area contributed by atoms with E-state index in [0.717, 1.165) is 18.4 Å². The number of benzene rings is 1. The fourth-order valence-electron chi connectivity index (χ4n) is 3.72. The molecule has 0 aliphatic carbocycles. The van der Waals surface area contributed by atoms with Crippen molar-refractivity contribution in [3.05, 3.63) is 53.5 Å². The summed E-state index contributed by atoms with van der Waals surface area (Å²) in [5.41, 5.74) is 5.45. The van der Waals surface area contributed by atoms with Crippen LogP contribution >= 0.6 is 0 Å². The summed E-state index contributed by atoms with van der Waals surface area (Å²) in [6.45, 7) is 2.26. The smallest absolute Gasteiger partial charge is 0.313 e. The number of hydrogen-bond donors (Lipinski definition) is 2. The van der Waals surface area contributed by atoms with E-state index in [9.17, 15) is 18.8 Å². The molecule has 1 fully saturated rings. The molecule has 1 atom stereocenters. The summed E-state index contributed by atoms with van der Waals surface area (Å²) in [5.74, 6) is -2.72. The molecule has 1 aromatic heterocycles. The molecule has 1 aromatic carbocycles. The van der Waals surface area contributed by atoms with Gasteiger partial charge in [-0.15, -0.1) is 0 Å². The Morgan fingerprint density at radius 3 is 2.57 bits per heavy atom. The van der Waals surface area contributed by atoms with Crippen LogP contribution in [0.3, 0.4) is 0 Å². The first-order chi connectivity index (χ1) is 14.3. The second-order valence-electron chi connectivity index (χ2n) is 7.29. The monoisotopic (exact) mass is 414 g/mol. The fourth-order valence-corrected chi connectivity index (χ4v) is 3.72. The van der Waals surface area contributed by atoms with Crippen LogP contribution in [0, 0.1) is 5.82 Å². The van der Waals surface area contributed by atoms with Crippen molar-refractivity contribution in [1.82, 2.24) is 9.88 Å². The molecule has 158 valence electrons. The van der Waals surface area contributed by atoms with E-state index < -0.39 is 23.3 Å². The molecule has 2 aromatic rings. The van der Waals surface area contributed by atoms with Gasteiger partial charge < -0.3 is 20.7 Å². The van der Waals surface area contributed by atoms with Crippen molar-refractivity contribution in [2.24, 2.45) is 5.73 Å². The summed E-state index contributed by atoms with van der Waals surface area (Å²) in [5, 5.41) is 2.47. The fraction of sp³-hybridized carbons (Fsp3) is 0.333. The number of aromatic nitrogens is 1. The highest BCUT2D eigenvalue weighted by atomic mass is 19.1. The van der Waals surface area contributed by atoms with Crippen molar-refractivity contribution in [1.29, 1.82) is 0 Å². The van der Waals surface area contributed by atoms with E-state index in [1.807, 2.05) is 6.92 Å². The van der Waals surface area contributed by atoms with Crippen molar-refractivity contribution in [2.75, 3.05) is 19.0 Å². The number of piperidine rings is 1. The van der Waals surface area contributed by atoms with E-state index in [1.54, 1.807) is 12.1 Å². The first-order valence-corrected chi connectivity index (χ1v) is 9.49. The number of carbonyl (C=O) groups is 3. The number of carbonyl (C=O) groups excluding carboxylic acids is 3. The van der Waals surface area contributed by atoms with Crippen molar-refractivity contribution in [2.45, 2.75) is 31.7 Å². The van der Waals surface area contributed by atoms with Gasteiger partial charge in [0.2, 0.25) is 5.88 Å². The molecule has 3 amide bonds. The molecule has 0 radical (unpaired) electrons. The molecular weight excluding hydrogens is 391 g/mol. The highest BCUT2D eigenvalue weighted by Crippen LogP contribution is 2.37. The number of nitrogens with two attached hydrogens (primary N) is 1. The number of halogens is 1. The Bertz CT molecular complexity index is 979. The van der Waals surface area contributed by atoms with Crippen molar-refractivity contribution >= 4 is 23.4 Å². The number of primary amides is 1. The van der Waals surface area contributed by atoms with Crippen LogP contribution in [0.15, 0.2) is 36.5 Å². The van der Waals surface area contributed by atoms with Crippen LogP contribution in [0.25, 0.3) is 0 Å². The molecular formula is C21H23FN4O4. The van der Waals surface area contributed by atoms with Gasteiger partial charge in [-0.1, -0.05) is 12.1 Å². The van der Waals surface area contributed by atoms with Gasteiger partial charge in [-0.2, -0.15) is 0 Å². The molecule has 1 saturated heterocycles. The Balaban J connectivity index is 1.84. The molecule has 8 nitrogen and oxygen atoms in total. The Morgan fingerprint density at radius 1 is 1.23 bits per heavy atom. The number of pyridine rings is 1. The molecule has 9 heteroatoms. The lowest BCUT2D eigenvalue weighted by Gasteiger charge is -2.45. The molecule has 3 N–H and O–H groups in total. The highest BCUT2D eigenvalue weighted by Gasteiger charge is 2.41. The maximum absolute atomic E-state index is 13.4. The first kappa shape index (κ1) is 21.2. The van der Waals surface area contributed by atoms with Crippen LogP contribution in [0.4, 0.5) is 10.1 Å². The minimum absolute atomic E-state index is 0.0168. The van der Waals surface area contributed by atoms with Gasteiger partial charge in [-0.05, 0) is 49.9 Å². The van der Waals surface area contributed by atoms with E-state index >= 15 is 0 Å². The molecule has 0 saturated carbocycles. The van der Waals surface area contributed by atoms with Gasteiger partial charge in [0, 0.05) is 6.54 Å². The zero-order valence-electron chi connectivity index (χ0n) is 16.8. The van der Waals surface area contributed by atoms with Crippen molar-refractivity contribution < 1.29 is 23.5 Å². The largest absolute Gasteiger partial charge is 0.480 e. The molecule has 3 rings (SSSR count). The Morgan fingerprint density at radius 2 is 1.93 bits per heavy atom. The van der Waals surface area contributed by atoms with Crippen LogP contribution in [-0.2, 0) is 15.1 Å². The number of anilines is 1. The minimum atomic E-state index is -0.868. The lowest BCUT2D eigenvalue weighted by atomic mass is 9.82. The molecule has 30 heavy (non-hydrogen) atoms. The van der Waals surface area contributed by atoms with Crippen molar-refractivity contribution in [3.63, 3.8) is 0 Å². The van der Waals surface area contributed by atoms with E-state index in [2.05, 4.69) is 10.3 Å². The summed E-state index contributed by atoms with van der Waals surface area (Å²) in [6.07, 6.45) is 3.55. The van der Waals surface area contributed by atoms with Gasteiger partial charge in [0.05, 0.1) is 24.5 Å². The molecule has 1 aliphatic rings. The van der Waals surface area contributed by atoms with Gasteiger partial charge in [-0.25, -0.2) is 9.37 Å². The molecule has 2 heterocycles. The van der Waals surface area contributed by atoms with Crippen LogP contribution in [0.2, 0.25) is 0 Å². The normalized spacial score (nSPS) is 18.6. The summed E-state index contributed by atoms with van der Waals surface area (Å²) in [7, 11) is 1.34. The molecule has 0 spiro atoms. The number of nitrogens with one attached hydrogen (secondary N) is 1. The average molecular weight is 414 g/mol. The number of methoxy groups -OCH3 is 1. The summed E-state index contributed by atoms with van der Waals surface area (Å²) in [4.78, 5) is 42.7. The minimum Gasteiger partial charge on any atom is -0.480 e. The van der Waals surface area contributed by atoms with Crippen LogP contribution < -0.4 is 15.8 Å². The standard InChI is InChI=1S/C21H23FN4O4/c1-21(13-5-7-14(22)8-6-13)9-3-4-10-26(21)20(29)18(28)25-15-11-16(17(23)27)19(30-2)24-12-15/h5-8,11-12H,3-4,9-10H2,1-2H3,(H2,23,27)(H,25,28)/t21-/m1/s1. The van der Waals surface area contributed by atoms with Crippen LogP contribution in [-0.4, -0.2) is 41.3 Å². The maximum atomic E-state index is 13.4. The second-order valence-corrected chi connectivity index (χ2v) is 7.29. The van der Waals surface area contributed by atoms with E-state index in [-0.39, 0.29) is 22.9 Å². The van der Waals surface area contributed by atoms with Crippen molar-refractivity contribution in [3.8, 4) is 5.88 Å². The third kappa shape index (κ3) is 4.10. The summed E-state index contributed by atoms with van der Waals surface area (Å²) >= 11 is 0. The zero-order chi connectivity index (χ0) is 21.9. The number of hydrogen-bond acceptors (Lipinski definition) is 5. The van der Waals surface area contributed by atoms with Gasteiger partial charge in [0.1, 0.15) is 11.4 Å². The molecule has 0 bridgehead atoms. The lowest BCUT2D eigenvalue weighted by Crippen LogP contribution is -2.53. The van der Waals surface area contributed by atoms with E-state index in [4.69, 9.17) is 10.5 Å². The summed E-state index contributed by atoms with van der Waals surface area (Å²) in [6, 6.07) is 7.24. The van der Waals surface area contributed by atoms with Crippen LogP contribution in [0.5, 0.6) is 5.88 Å². The second kappa shape index (κ2) is 8.48. The van der Waals surface area contributed by atoms with Gasteiger partial charge in [0.15, 0.2) is 0 Å². The summed E-state index contributed by atoms with van der Waals surface area (Å²) < 4.78 is 18.3. The topological polar surface area (TPSA) is 115 Å². The SMILES string of the molecule is COc1ncc(NC(=O)C(=O)N2CCCC[C@]2(C)c2ccc(F)cc2)cc1C(N)=O. The van der Waals surface area contributed by atoms with E-state index in [1.165, 1.54) is 36.4 Å². The third-order valence-corrected chi connectivity index (χ3v) is 5.36. The van der Waals surface area contributed by atoms with Gasteiger partial charge >= 0.3 is 11.8 Å². The highest BCUT2D eigenvalue weighted by molar-refractivity contribution is 6.39. The van der Waals surface area contributed by atoms with Crippen LogP contribution in [0.1, 0.15) is 42.1 Å². The number of nitrogens with zero attached hydrogens (tertiary/aromatic N) is 2. The molecule has 0 unspecified atom stereocenters. The number of rotatable bonds is 4. The number of likely N-dealkylation sites (tertiary alicyclic amines) is 1. The third-order valence-electron chi connectivity index (χ3n) is 5.36. The zero-order valence-corrected chi connectivity index (χ0v) is 16.8. The average Bonchev–Trinajstić information content (AvgIpc) is 2.73. The van der Waals surface area contributed by atoms with Gasteiger partial charge in [-0.3, -0.25) is 14.4 Å². The lowest BCUT2D eigenvalue weighted by molar-refractivity contribution is -0.149. The Hall–Kier alpha value is -3.49. The number of amides is 3. The Kier molecular flexibility index (Phi) is 6.00. The quantitative estimate of drug-likeness (QED) is 0.745. The predicted octanol–water partition coefficient (Wildman–Crippen LogP) is 2.19. The van der Waals surface area contributed by atoms with Gasteiger partial charge in [0.25, 0.3) is 5.91 Å². The maximum Gasteiger partial charge on any atom is 0.313 e. The molecule has 1 aliphatic heterocycles. The number of ether oxygens (including phenoxy) is 1.